The molecule has 3 nitrogen and oxygen atoms in total. The first-order valence-electron chi connectivity index (χ1n) is 6.33. The molecule has 1 aliphatic rings. The van der Waals surface area contributed by atoms with E-state index >= 15 is 0 Å². The van der Waals surface area contributed by atoms with E-state index in [1.54, 1.807) is 11.3 Å². The van der Waals surface area contributed by atoms with Crippen LogP contribution in [0.3, 0.4) is 0 Å². The van der Waals surface area contributed by atoms with Gasteiger partial charge in [0.25, 0.3) is 5.91 Å². The summed E-state index contributed by atoms with van der Waals surface area (Å²) >= 11 is 13.4. The maximum atomic E-state index is 12.3. The van der Waals surface area contributed by atoms with Gasteiger partial charge in [-0.25, -0.2) is 4.98 Å². The minimum Gasteiger partial charge on any atom is -0.345 e. The summed E-state index contributed by atoms with van der Waals surface area (Å²) in [6, 6.07) is 5.22. The van der Waals surface area contributed by atoms with Gasteiger partial charge >= 0.3 is 0 Å². The summed E-state index contributed by atoms with van der Waals surface area (Å²) in [4.78, 5) is 17.5. The highest BCUT2D eigenvalue weighted by molar-refractivity contribution is 7.10. The van der Waals surface area contributed by atoms with Gasteiger partial charge < -0.3 is 5.32 Å². The molecule has 1 aliphatic carbocycles. The minimum atomic E-state index is -0.166. The Labute approximate surface area is 130 Å². The Hall–Kier alpha value is -1.10. The lowest BCUT2D eigenvalue weighted by Gasteiger charge is -2.23. The van der Waals surface area contributed by atoms with E-state index in [1.807, 2.05) is 0 Å². The zero-order valence-corrected chi connectivity index (χ0v) is 12.9. The number of rotatable bonds is 2. The molecule has 1 amide bonds. The minimum absolute atomic E-state index is 0.0724. The zero-order chi connectivity index (χ0) is 14.1. The first-order valence-corrected chi connectivity index (χ1v) is 7.97. The van der Waals surface area contributed by atoms with Crippen molar-refractivity contribution in [2.75, 3.05) is 0 Å². The van der Waals surface area contributed by atoms with Gasteiger partial charge in [-0.05, 0) is 48.4 Å². The average Bonchev–Trinajstić information content (AvgIpc) is 2.87. The molecule has 0 fully saturated rings. The number of carbonyl (C=O) groups is 1. The van der Waals surface area contributed by atoms with Gasteiger partial charge in [0.2, 0.25) is 0 Å². The molecular weight excluding hydrogens is 315 g/mol. The SMILES string of the molecule is O=C(NC1CCCc2sccc21)c1cc(Cl)nc(Cl)c1. The second kappa shape index (κ2) is 5.72. The third kappa shape index (κ3) is 2.82. The second-order valence-electron chi connectivity index (χ2n) is 4.72. The summed E-state index contributed by atoms with van der Waals surface area (Å²) in [6.07, 6.45) is 3.16. The lowest BCUT2D eigenvalue weighted by molar-refractivity contribution is 0.0933. The molecule has 1 atom stereocenters. The maximum absolute atomic E-state index is 12.3. The van der Waals surface area contributed by atoms with Crippen molar-refractivity contribution >= 4 is 40.4 Å². The number of hydrogen-bond acceptors (Lipinski definition) is 3. The zero-order valence-electron chi connectivity index (χ0n) is 10.5. The van der Waals surface area contributed by atoms with Crippen LogP contribution < -0.4 is 5.32 Å². The van der Waals surface area contributed by atoms with Crippen molar-refractivity contribution in [3.63, 3.8) is 0 Å². The van der Waals surface area contributed by atoms with Crippen LogP contribution in [0.2, 0.25) is 10.3 Å². The number of nitrogens with one attached hydrogen (secondary N) is 1. The fourth-order valence-corrected chi connectivity index (χ4v) is 3.92. The monoisotopic (exact) mass is 326 g/mol. The second-order valence-corrected chi connectivity index (χ2v) is 6.49. The molecular formula is C14H12Cl2N2OS. The van der Waals surface area contributed by atoms with Crippen molar-refractivity contribution in [1.82, 2.24) is 10.3 Å². The van der Waals surface area contributed by atoms with E-state index in [4.69, 9.17) is 23.2 Å². The molecule has 20 heavy (non-hydrogen) atoms. The van der Waals surface area contributed by atoms with Gasteiger partial charge in [-0.1, -0.05) is 23.2 Å². The molecule has 0 saturated heterocycles. The van der Waals surface area contributed by atoms with E-state index in [0.717, 1.165) is 19.3 Å². The van der Waals surface area contributed by atoms with Crippen LogP contribution in [0, 0.1) is 0 Å². The van der Waals surface area contributed by atoms with Crippen molar-refractivity contribution in [2.24, 2.45) is 0 Å². The van der Waals surface area contributed by atoms with Crippen LogP contribution >= 0.6 is 34.5 Å². The number of halogens is 2. The van der Waals surface area contributed by atoms with E-state index in [-0.39, 0.29) is 22.3 Å². The normalized spacial score (nSPS) is 17.6. The quantitative estimate of drug-likeness (QED) is 0.838. The molecule has 3 rings (SSSR count). The lowest BCUT2D eigenvalue weighted by Crippen LogP contribution is -2.30. The Morgan fingerprint density at radius 3 is 2.85 bits per heavy atom. The van der Waals surface area contributed by atoms with Gasteiger partial charge in [-0.3, -0.25) is 4.79 Å². The van der Waals surface area contributed by atoms with Crippen LogP contribution in [0.5, 0.6) is 0 Å². The topological polar surface area (TPSA) is 42.0 Å². The van der Waals surface area contributed by atoms with Gasteiger partial charge in [-0.2, -0.15) is 0 Å². The standard InChI is InChI=1S/C14H12Cl2N2OS/c15-12-6-8(7-13(16)18-12)14(19)17-10-2-1-3-11-9(10)4-5-20-11/h4-7,10H,1-3H2,(H,17,19). The van der Waals surface area contributed by atoms with E-state index in [2.05, 4.69) is 21.7 Å². The molecule has 1 N–H and O–H groups in total. The van der Waals surface area contributed by atoms with Crippen molar-refractivity contribution in [2.45, 2.75) is 25.3 Å². The molecule has 0 aliphatic heterocycles. The number of nitrogens with zero attached hydrogens (tertiary/aromatic N) is 1. The van der Waals surface area contributed by atoms with E-state index in [9.17, 15) is 4.79 Å². The Balaban J connectivity index is 1.80. The Morgan fingerprint density at radius 1 is 1.35 bits per heavy atom. The predicted octanol–water partition coefficient (Wildman–Crippen LogP) is 4.26. The molecule has 0 radical (unpaired) electrons. The predicted molar refractivity (Wildman–Crippen MR) is 81.7 cm³/mol. The van der Waals surface area contributed by atoms with Crippen LogP contribution in [0.4, 0.5) is 0 Å². The molecule has 0 bridgehead atoms. The van der Waals surface area contributed by atoms with E-state index < -0.39 is 0 Å². The fraction of sp³-hybridized carbons (Fsp3) is 0.286. The molecule has 2 aromatic heterocycles. The average molecular weight is 327 g/mol. The summed E-state index contributed by atoms with van der Waals surface area (Å²) in [5.74, 6) is -0.166. The summed E-state index contributed by atoms with van der Waals surface area (Å²) in [7, 11) is 0. The molecule has 2 heterocycles. The van der Waals surface area contributed by atoms with Crippen molar-refractivity contribution in [1.29, 1.82) is 0 Å². The summed E-state index contributed by atoms with van der Waals surface area (Å²) in [5, 5.41) is 5.58. The van der Waals surface area contributed by atoms with Gasteiger partial charge in [-0.15, -0.1) is 11.3 Å². The molecule has 0 aromatic carbocycles. The molecule has 0 spiro atoms. The van der Waals surface area contributed by atoms with E-state index in [1.165, 1.54) is 22.6 Å². The van der Waals surface area contributed by atoms with Crippen molar-refractivity contribution in [3.8, 4) is 0 Å². The molecule has 1 unspecified atom stereocenters. The van der Waals surface area contributed by atoms with Gasteiger partial charge in [0, 0.05) is 10.4 Å². The van der Waals surface area contributed by atoms with Crippen molar-refractivity contribution < 1.29 is 4.79 Å². The molecule has 104 valence electrons. The largest absolute Gasteiger partial charge is 0.345 e. The highest BCUT2D eigenvalue weighted by atomic mass is 35.5. The number of pyridine rings is 1. The lowest BCUT2D eigenvalue weighted by atomic mass is 9.94. The third-order valence-corrected chi connectivity index (χ3v) is 4.77. The Kier molecular flexibility index (Phi) is 3.96. The summed E-state index contributed by atoms with van der Waals surface area (Å²) in [6.45, 7) is 0. The number of fused-ring (bicyclic) bond motifs is 1. The number of thiophene rings is 1. The molecule has 6 heteroatoms. The Bertz CT molecular complexity index is 636. The highest BCUT2D eigenvalue weighted by Gasteiger charge is 2.23. The van der Waals surface area contributed by atoms with Crippen LogP contribution in [0.1, 0.15) is 39.7 Å². The number of aryl methyl sites for hydroxylation is 1. The number of hydrogen-bond donors (Lipinski definition) is 1. The van der Waals surface area contributed by atoms with Crippen LogP contribution in [-0.2, 0) is 6.42 Å². The van der Waals surface area contributed by atoms with Crippen LogP contribution in [0.25, 0.3) is 0 Å². The summed E-state index contributed by atoms with van der Waals surface area (Å²) < 4.78 is 0. The van der Waals surface area contributed by atoms with Crippen molar-refractivity contribution in [3.05, 3.63) is 49.9 Å². The number of aromatic nitrogens is 1. The first kappa shape index (κ1) is 13.9. The number of amides is 1. The highest BCUT2D eigenvalue weighted by Crippen LogP contribution is 2.33. The first-order chi connectivity index (χ1) is 9.63. The van der Waals surface area contributed by atoms with Gasteiger partial charge in [0.1, 0.15) is 10.3 Å². The van der Waals surface area contributed by atoms with Crippen LogP contribution in [0.15, 0.2) is 23.6 Å². The molecule has 2 aromatic rings. The van der Waals surface area contributed by atoms with Gasteiger partial charge in [0.05, 0.1) is 6.04 Å². The third-order valence-electron chi connectivity index (χ3n) is 3.38. The smallest absolute Gasteiger partial charge is 0.251 e. The maximum Gasteiger partial charge on any atom is 0.251 e. The fourth-order valence-electron chi connectivity index (χ4n) is 2.47. The molecule has 0 saturated carbocycles. The Morgan fingerprint density at radius 2 is 2.10 bits per heavy atom. The summed E-state index contributed by atoms with van der Waals surface area (Å²) in [5.41, 5.74) is 1.68. The van der Waals surface area contributed by atoms with E-state index in [0.29, 0.717) is 5.56 Å². The number of carbonyl (C=O) groups excluding carboxylic acids is 1. The van der Waals surface area contributed by atoms with Gasteiger partial charge in [0.15, 0.2) is 0 Å². The van der Waals surface area contributed by atoms with Crippen LogP contribution in [-0.4, -0.2) is 10.9 Å².